The summed E-state index contributed by atoms with van der Waals surface area (Å²) in [6, 6.07) is 10.5. The van der Waals surface area contributed by atoms with Crippen LogP contribution in [-0.4, -0.2) is 13.3 Å². The first-order chi connectivity index (χ1) is 17.0. The molecule has 0 heterocycles. The second-order valence-corrected chi connectivity index (χ2v) is 10.1. The van der Waals surface area contributed by atoms with Crippen molar-refractivity contribution in [1.29, 1.82) is 0 Å². The van der Waals surface area contributed by atoms with Crippen LogP contribution in [0, 0.1) is 29.4 Å². The minimum atomic E-state index is -0.778. The van der Waals surface area contributed by atoms with Gasteiger partial charge in [-0.05, 0) is 111 Å². The van der Waals surface area contributed by atoms with Crippen molar-refractivity contribution in [2.45, 2.75) is 70.6 Å². The van der Waals surface area contributed by atoms with Gasteiger partial charge in [-0.2, -0.15) is 0 Å². The van der Waals surface area contributed by atoms with Crippen LogP contribution in [0.25, 0.3) is 11.1 Å². The second-order valence-electron chi connectivity index (χ2n) is 10.1. The average molecular weight is 489 g/mol. The summed E-state index contributed by atoms with van der Waals surface area (Å²) in [6.45, 7) is 1.81. The summed E-state index contributed by atoms with van der Waals surface area (Å²) in [6.07, 6.45) is 9.35. The summed E-state index contributed by atoms with van der Waals surface area (Å²) in [4.78, 5) is 0. The zero-order valence-electron chi connectivity index (χ0n) is 20.5. The third kappa shape index (κ3) is 6.29. The lowest BCUT2D eigenvalue weighted by Crippen LogP contribution is -2.25. The van der Waals surface area contributed by atoms with E-state index in [1.807, 2.05) is 6.92 Å². The topological polar surface area (TPSA) is 9.23 Å². The molecule has 2 aromatic rings. The molecule has 4 rings (SSSR count). The van der Waals surface area contributed by atoms with E-state index in [-0.39, 0.29) is 29.6 Å². The Bertz CT molecular complexity index is 984. The lowest BCUT2D eigenvalue weighted by Gasteiger charge is -2.37. The molecule has 0 spiro atoms. The summed E-state index contributed by atoms with van der Waals surface area (Å²) in [7, 11) is 0. The van der Waals surface area contributed by atoms with Crippen LogP contribution in [0.15, 0.2) is 48.3 Å². The van der Waals surface area contributed by atoms with E-state index < -0.39 is 18.3 Å². The SMILES string of the molecule is CCOc1ccc(-c2ccc(C3CCC(C4CCC(/C=C(\F)CCF)CC4)CC3)c(F)c2F)cc1. The molecule has 0 radical (unpaired) electrons. The van der Waals surface area contributed by atoms with Crippen molar-refractivity contribution >= 4 is 0 Å². The Balaban J connectivity index is 1.34. The van der Waals surface area contributed by atoms with Gasteiger partial charge in [-0.3, -0.25) is 4.39 Å². The summed E-state index contributed by atoms with van der Waals surface area (Å²) < 4.78 is 61.5. The highest BCUT2D eigenvalue weighted by atomic mass is 19.2. The Kier molecular flexibility index (Phi) is 8.91. The highest BCUT2D eigenvalue weighted by Crippen LogP contribution is 2.45. The molecule has 0 saturated heterocycles. The van der Waals surface area contributed by atoms with Gasteiger partial charge in [0.25, 0.3) is 0 Å². The lowest BCUT2D eigenvalue weighted by molar-refractivity contribution is 0.170. The first-order valence-corrected chi connectivity index (χ1v) is 13.1. The third-order valence-corrected chi connectivity index (χ3v) is 8.03. The fraction of sp³-hybridized carbons (Fsp3) is 0.533. The zero-order chi connectivity index (χ0) is 24.8. The Morgan fingerprint density at radius 3 is 2.09 bits per heavy atom. The largest absolute Gasteiger partial charge is 0.494 e. The molecule has 0 atom stereocenters. The number of rotatable bonds is 8. The fourth-order valence-corrected chi connectivity index (χ4v) is 6.11. The number of benzene rings is 2. The molecule has 0 amide bonds. The Morgan fingerprint density at radius 2 is 1.49 bits per heavy atom. The predicted molar refractivity (Wildman–Crippen MR) is 133 cm³/mol. The van der Waals surface area contributed by atoms with Gasteiger partial charge in [0.1, 0.15) is 5.75 Å². The van der Waals surface area contributed by atoms with E-state index in [1.54, 1.807) is 42.5 Å². The van der Waals surface area contributed by atoms with Gasteiger partial charge >= 0.3 is 0 Å². The maximum Gasteiger partial charge on any atom is 0.166 e. The van der Waals surface area contributed by atoms with Gasteiger partial charge in [0.05, 0.1) is 19.1 Å². The van der Waals surface area contributed by atoms with Crippen molar-refractivity contribution in [2.24, 2.45) is 17.8 Å². The number of allylic oxidation sites excluding steroid dienone is 2. The van der Waals surface area contributed by atoms with E-state index in [4.69, 9.17) is 4.74 Å². The van der Waals surface area contributed by atoms with Crippen LogP contribution in [0.3, 0.4) is 0 Å². The van der Waals surface area contributed by atoms with E-state index in [1.165, 1.54) is 0 Å². The van der Waals surface area contributed by atoms with Gasteiger partial charge in [0.2, 0.25) is 0 Å². The highest BCUT2D eigenvalue weighted by molar-refractivity contribution is 5.65. The molecule has 2 aliphatic rings. The maximum absolute atomic E-state index is 15.1. The maximum atomic E-state index is 15.1. The van der Waals surface area contributed by atoms with E-state index in [2.05, 4.69) is 0 Å². The average Bonchev–Trinajstić information content (AvgIpc) is 2.87. The first kappa shape index (κ1) is 25.8. The molecule has 35 heavy (non-hydrogen) atoms. The summed E-state index contributed by atoms with van der Waals surface area (Å²) in [5.74, 6) is 0.377. The molecule has 5 heteroatoms. The monoisotopic (exact) mass is 488 g/mol. The molecule has 0 bridgehead atoms. The molecule has 2 aliphatic carbocycles. The Labute approximate surface area is 206 Å². The van der Waals surface area contributed by atoms with Crippen molar-refractivity contribution < 1.29 is 22.3 Å². The smallest absolute Gasteiger partial charge is 0.166 e. The van der Waals surface area contributed by atoms with Crippen molar-refractivity contribution in [3.8, 4) is 16.9 Å². The van der Waals surface area contributed by atoms with Crippen LogP contribution in [0.1, 0.15) is 76.2 Å². The zero-order valence-corrected chi connectivity index (χ0v) is 20.5. The summed E-state index contributed by atoms with van der Waals surface area (Å²) in [5.41, 5.74) is 1.40. The van der Waals surface area contributed by atoms with E-state index in [0.717, 1.165) is 51.4 Å². The number of ether oxygens (including phenoxy) is 1. The van der Waals surface area contributed by atoms with E-state index in [9.17, 15) is 8.78 Å². The molecule has 0 N–H and O–H groups in total. The van der Waals surface area contributed by atoms with E-state index in [0.29, 0.717) is 35.3 Å². The van der Waals surface area contributed by atoms with Crippen molar-refractivity contribution in [2.75, 3.05) is 13.3 Å². The molecular weight excluding hydrogens is 452 g/mol. The predicted octanol–water partition coefficient (Wildman–Crippen LogP) is 9.32. The summed E-state index contributed by atoms with van der Waals surface area (Å²) >= 11 is 0. The fourth-order valence-electron chi connectivity index (χ4n) is 6.11. The van der Waals surface area contributed by atoms with Gasteiger partial charge in [0, 0.05) is 12.0 Å². The molecule has 2 aromatic carbocycles. The number of hydrogen-bond donors (Lipinski definition) is 0. The molecule has 1 nitrogen and oxygen atoms in total. The number of alkyl halides is 1. The van der Waals surface area contributed by atoms with Crippen LogP contribution < -0.4 is 4.74 Å². The second kappa shape index (κ2) is 12.1. The van der Waals surface area contributed by atoms with Crippen molar-refractivity contribution in [3.63, 3.8) is 0 Å². The minimum Gasteiger partial charge on any atom is -0.494 e. The normalized spacial score (nSPS) is 25.5. The van der Waals surface area contributed by atoms with E-state index >= 15 is 8.78 Å². The van der Waals surface area contributed by atoms with Gasteiger partial charge in [0.15, 0.2) is 11.6 Å². The van der Waals surface area contributed by atoms with Crippen LogP contribution in [-0.2, 0) is 0 Å². The molecule has 0 unspecified atom stereocenters. The van der Waals surface area contributed by atoms with Gasteiger partial charge in [-0.15, -0.1) is 0 Å². The molecule has 0 aliphatic heterocycles. The molecule has 0 aromatic heterocycles. The molecule has 2 fully saturated rings. The lowest BCUT2D eigenvalue weighted by atomic mass is 9.68. The van der Waals surface area contributed by atoms with Crippen LogP contribution in [0.4, 0.5) is 17.6 Å². The number of hydrogen-bond acceptors (Lipinski definition) is 1. The molecular formula is C30H36F4O. The van der Waals surface area contributed by atoms with Gasteiger partial charge in [-0.1, -0.05) is 24.3 Å². The first-order valence-electron chi connectivity index (χ1n) is 13.1. The summed E-state index contributed by atoms with van der Waals surface area (Å²) in [5, 5.41) is 0. The Morgan fingerprint density at radius 1 is 0.857 bits per heavy atom. The van der Waals surface area contributed by atoms with Gasteiger partial charge in [-0.25, -0.2) is 13.2 Å². The van der Waals surface area contributed by atoms with Crippen LogP contribution in [0.5, 0.6) is 5.75 Å². The Hall–Kier alpha value is -2.30. The molecule has 190 valence electrons. The quantitative estimate of drug-likeness (QED) is 0.336. The van der Waals surface area contributed by atoms with Crippen LogP contribution >= 0.6 is 0 Å². The third-order valence-electron chi connectivity index (χ3n) is 8.03. The highest BCUT2D eigenvalue weighted by Gasteiger charge is 2.32. The molecule has 2 saturated carbocycles. The minimum absolute atomic E-state index is 0.0456. The van der Waals surface area contributed by atoms with Gasteiger partial charge < -0.3 is 4.74 Å². The number of halogens is 4. The standard InChI is InChI=1S/C30H36F4O/c1-2-35-26-13-11-24(12-14-26)28-16-15-27(29(33)30(28)34)23-9-7-22(8-10-23)21-5-3-20(4-6-21)19-25(32)17-18-31/h11-16,19-23H,2-10,17-18H2,1H3/b25-19-. The van der Waals surface area contributed by atoms with Crippen molar-refractivity contribution in [3.05, 3.63) is 65.5 Å². The van der Waals surface area contributed by atoms with Crippen LogP contribution in [0.2, 0.25) is 0 Å². The van der Waals surface area contributed by atoms with Crippen molar-refractivity contribution in [1.82, 2.24) is 0 Å².